The third kappa shape index (κ3) is 3.95. The lowest BCUT2D eigenvalue weighted by molar-refractivity contribution is 0.0359. The predicted octanol–water partition coefficient (Wildman–Crippen LogP) is 5.68. The first-order valence-corrected chi connectivity index (χ1v) is 7.43. The molecular weight excluding hydrogens is 307 g/mol. The van der Waals surface area contributed by atoms with Gasteiger partial charge in [0.05, 0.1) is 11.1 Å². The number of halogens is 2. The highest BCUT2D eigenvalue weighted by Crippen LogP contribution is 2.44. The summed E-state index contributed by atoms with van der Waals surface area (Å²) >= 11 is 3.17. The van der Waals surface area contributed by atoms with Crippen LogP contribution in [0.4, 0.5) is 4.39 Å². The summed E-state index contributed by atoms with van der Waals surface area (Å²) in [7, 11) is 0. The molecule has 1 nitrogen and oxygen atoms in total. The average molecular weight is 331 g/mol. The molecule has 108 valence electrons. The summed E-state index contributed by atoms with van der Waals surface area (Å²) in [4.78, 5) is 0. The van der Waals surface area contributed by atoms with Gasteiger partial charge in [-0.2, -0.15) is 0 Å². The first-order valence-electron chi connectivity index (χ1n) is 6.63. The molecule has 1 rings (SSSR count). The molecule has 0 amide bonds. The zero-order chi connectivity index (χ0) is 14.8. The molecule has 0 aliphatic carbocycles. The first kappa shape index (κ1) is 16.5. The lowest BCUT2D eigenvalue weighted by Crippen LogP contribution is -2.38. The molecule has 0 spiro atoms. The fourth-order valence-electron chi connectivity index (χ4n) is 1.74. The van der Waals surface area contributed by atoms with E-state index in [1.165, 1.54) is 6.07 Å². The van der Waals surface area contributed by atoms with Gasteiger partial charge in [-0.05, 0) is 50.9 Å². The second-order valence-electron chi connectivity index (χ2n) is 6.76. The van der Waals surface area contributed by atoms with Gasteiger partial charge in [-0.1, -0.05) is 41.5 Å². The molecule has 0 aliphatic rings. The molecule has 0 saturated heterocycles. The maximum atomic E-state index is 13.1. The molecular formula is C16H24BrFO. The van der Waals surface area contributed by atoms with Gasteiger partial charge >= 0.3 is 0 Å². The zero-order valence-electron chi connectivity index (χ0n) is 12.7. The van der Waals surface area contributed by atoms with Crippen LogP contribution in [0.3, 0.4) is 0 Å². The van der Waals surface area contributed by atoms with E-state index >= 15 is 0 Å². The van der Waals surface area contributed by atoms with Crippen LogP contribution in [0, 0.1) is 22.6 Å². The van der Waals surface area contributed by atoms with Gasteiger partial charge in [-0.15, -0.1) is 0 Å². The second-order valence-corrected chi connectivity index (χ2v) is 7.61. The Morgan fingerprint density at radius 2 is 1.79 bits per heavy atom. The Balaban J connectivity index is 2.69. The predicted molar refractivity (Wildman–Crippen MR) is 82.0 cm³/mol. The maximum Gasteiger partial charge on any atom is 0.137 e. The molecule has 1 aromatic carbocycles. The Morgan fingerprint density at radius 1 is 1.21 bits per heavy atom. The largest absolute Gasteiger partial charge is 0.493 e. The van der Waals surface area contributed by atoms with Crippen molar-refractivity contribution in [3.8, 4) is 5.75 Å². The summed E-state index contributed by atoms with van der Waals surface area (Å²) in [6, 6.07) is 4.75. The van der Waals surface area contributed by atoms with Gasteiger partial charge in [0.2, 0.25) is 0 Å². The molecule has 1 atom stereocenters. The third-order valence-electron chi connectivity index (χ3n) is 4.56. The van der Waals surface area contributed by atoms with E-state index in [0.717, 1.165) is 0 Å². The quantitative estimate of drug-likeness (QED) is 0.690. The third-order valence-corrected chi connectivity index (χ3v) is 5.16. The van der Waals surface area contributed by atoms with E-state index in [4.69, 9.17) is 4.74 Å². The summed E-state index contributed by atoms with van der Waals surface area (Å²) in [5, 5.41) is 0. The van der Waals surface area contributed by atoms with Gasteiger partial charge in [0.1, 0.15) is 11.6 Å². The molecule has 0 saturated carbocycles. The highest BCUT2D eigenvalue weighted by Gasteiger charge is 2.37. The number of rotatable bonds is 4. The highest BCUT2D eigenvalue weighted by molar-refractivity contribution is 9.10. The number of benzene rings is 1. The molecule has 0 radical (unpaired) electrons. The van der Waals surface area contributed by atoms with Crippen LogP contribution >= 0.6 is 15.9 Å². The molecule has 0 N–H and O–H groups in total. The molecule has 3 heteroatoms. The van der Waals surface area contributed by atoms with E-state index in [0.29, 0.717) is 22.7 Å². The minimum Gasteiger partial charge on any atom is -0.493 e. The van der Waals surface area contributed by atoms with Gasteiger partial charge in [0.15, 0.2) is 0 Å². The second kappa shape index (κ2) is 5.82. The van der Waals surface area contributed by atoms with E-state index in [2.05, 4.69) is 57.5 Å². The molecule has 0 aromatic heterocycles. The smallest absolute Gasteiger partial charge is 0.137 e. The van der Waals surface area contributed by atoms with E-state index in [1.807, 2.05) is 0 Å². The number of hydrogen-bond donors (Lipinski definition) is 0. The lowest BCUT2D eigenvalue weighted by atomic mass is 9.63. The maximum absolute atomic E-state index is 13.1. The molecule has 0 heterocycles. The van der Waals surface area contributed by atoms with Gasteiger partial charge in [-0.25, -0.2) is 4.39 Å². The number of hydrogen-bond acceptors (Lipinski definition) is 1. The van der Waals surface area contributed by atoms with Crippen molar-refractivity contribution in [2.24, 2.45) is 16.7 Å². The minimum atomic E-state index is -0.268. The van der Waals surface area contributed by atoms with Crippen LogP contribution in [-0.4, -0.2) is 6.61 Å². The molecule has 19 heavy (non-hydrogen) atoms. The van der Waals surface area contributed by atoms with Crippen molar-refractivity contribution in [3.63, 3.8) is 0 Å². The summed E-state index contributed by atoms with van der Waals surface area (Å²) in [5.74, 6) is 0.830. The number of ether oxygens (including phenoxy) is 1. The summed E-state index contributed by atoms with van der Waals surface area (Å²) < 4.78 is 19.4. The van der Waals surface area contributed by atoms with Crippen LogP contribution in [0.25, 0.3) is 0 Å². The van der Waals surface area contributed by atoms with E-state index in [1.54, 1.807) is 12.1 Å². The summed E-state index contributed by atoms with van der Waals surface area (Å²) in [6.07, 6.45) is 0. The van der Waals surface area contributed by atoms with E-state index < -0.39 is 0 Å². The molecule has 0 fully saturated rings. The van der Waals surface area contributed by atoms with E-state index in [-0.39, 0.29) is 16.6 Å². The fourth-order valence-corrected chi connectivity index (χ4v) is 2.09. The topological polar surface area (TPSA) is 9.23 Å². The fraction of sp³-hybridized carbons (Fsp3) is 0.625. The van der Waals surface area contributed by atoms with Crippen molar-refractivity contribution in [3.05, 3.63) is 28.5 Å². The molecule has 1 unspecified atom stereocenters. The molecule has 0 bridgehead atoms. The standard InChI is InChI=1S/C16H24BrFO/c1-11(16(5,6)15(2,3)4)10-19-12-7-8-14(18)13(17)9-12/h7-9,11H,10H2,1-6H3. The Morgan fingerprint density at radius 3 is 2.26 bits per heavy atom. The van der Waals surface area contributed by atoms with Crippen molar-refractivity contribution in [2.45, 2.75) is 41.5 Å². The van der Waals surface area contributed by atoms with Crippen molar-refractivity contribution in [1.82, 2.24) is 0 Å². The molecule has 1 aromatic rings. The normalized spacial score (nSPS) is 14.3. The van der Waals surface area contributed by atoms with Crippen LogP contribution < -0.4 is 4.74 Å². The average Bonchev–Trinajstić information content (AvgIpc) is 2.28. The summed E-state index contributed by atoms with van der Waals surface area (Å²) in [5.41, 5.74) is 0.365. The van der Waals surface area contributed by atoms with Crippen molar-refractivity contribution >= 4 is 15.9 Å². The molecule has 0 aliphatic heterocycles. The van der Waals surface area contributed by atoms with E-state index in [9.17, 15) is 4.39 Å². The van der Waals surface area contributed by atoms with Crippen LogP contribution in [0.1, 0.15) is 41.5 Å². The summed E-state index contributed by atoms with van der Waals surface area (Å²) in [6.45, 7) is 14.1. The monoisotopic (exact) mass is 330 g/mol. The van der Waals surface area contributed by atoms with Crippen LogP contribution in [0.15, 0.2) is 22.7 Å². The van der Waals surface area contributed by atoms with Crippen LogP contribution in [0.5, 0.6) is 5.75 Å². The minimum absolute atomic E-state index is 0.157. The van der Waals surface area contributed by atoms with Crippen LogP contribution in [0.2, 0.25) is 0 Å². The Hall–Kier alpha value is -0.570. The zero-order valence-corrected chi connectivity index (χ0v) is 14.3. The Labute approximate surface area is 124 Å². The highest BCUT2D eigenvalue weighted by atomic mass is 79.9. The first-order chi connectivity index (χ1) is 8.55. The SMILES string of the molecule is CC(COc1ccc(F)c(Br)c1)C(C)(C)C(C)(C)C. The van der Waals surface area contributed by atoms with Crippen molar-refractivity contribution < 1.29 is 9.13 Å². The Bertz CT molecular complexity index is 435. The van der Waals surface area contributed by atoms with Gasteiger partial charge in [-0.3, -0.25) is 0 Å². The van der Waals surface area contributed by atoms with Gasteiger partial charge in [0, 0.05) is 0 Å². The van der Waals surface area contributed by atoms with Gasteiger partial charge < -0.3 is 4.74 Å². The van der Waals surface area contributed by atoms with Crippen LogP contribution in [-0.2, 0) is 0 Å². The van der Waals surface area contributed by atoms with Gasteiger partial charge in [0.25, 0.3) is 0 Å². The lowest BCUT2D eigenvalue weighted by Gasteiger charge is -2.43. The Kier molecular flexibility index (Phi) is 5.05. The van der Waals surface area contributed by atoms with Crippen molar-refractivity contribution in [1.29, 1.82) is 0 Å². The van der Waals surface area contributed by atoms with Crippen molar-refractivity contribution in [2.75, 3.05) is 6.61 Å².